The summed E-state index contributed by atoms with van der Waals surface area (Å²) in [6.07, 6.45) is 5.48. The summed E-state index contributed by atoms with van der Waals surface area (Å²) in [6.45, 7) is 6.96. The number of carbonyl (C=O) groups is 1. The van der Waals surface area contributed by atoms with Crippen LogP contribution < -0.4 is 10.4 Å². The Labute approximate surface area is 231 Å². The average molecular weight is 535 g/mol. The monoisotopic (exact) mass is 534 g/mol. The SMILES string of the molecule is Cc1ccc(-c2ncccn2)c(C(=O)N2C3CC(C3)C(C)C2CO[Si](C)(c2ccccc2)c2ccccc2)n1. The van der Waals surface area contributed by atoms with Crippen molar-refractivity contribution >= 4 is 24.6 Å². The zero-order valence-electron chi connectivity index (χ0n) is 22.7. The summed E-state index contributed by atoms with van der Waals surface area (Å²) in [7, 11) is -2.51. The molecule has 3 aliphatic rings. The van der Waals surface area contributed by atoms with E-state index in [0.717, 1.165) is 18.5 Å². The van der Waals surface area contributed by atoms with Crippen LogP contribution in [0.15, 0.2) is 91.3 Å². The van der Waals surface area contributed by atoms with Gasteiger partial charge in [-0.05, 0) is 66.7 Å². The van der Waals surface area contributed by atoms with Crippen molar-refractivity contribution in [3.63, 3.8) is 0 Å². The van der Waals surface area contributed by atoms with Crippen LogP contribution in [0.25, 0.3) is 11.4 Å². The van der Waals surface area contributed by atoms with E-state index in [2.05, 4.69) is 76.9 Å². The zero-order chi connectivity index (χ0) is 27.0. The van der Waals surface area contributed by atoms with Crippen molar-refractivity contribution in [3.8, 4) is 11.4 Å². The number of hydrogen-bond acceptors (Lipinski definition) is 5. The minimum absolute atomic E-state index is 0.0268. The summed E-state index contributed by atoms with van der Waals surface area (Å²) in [6, 6.07) is 26.9. The smallest absolute Gasteiger partial charge is 0.273 e. The first kappa shape index (κ1) is 25.6. The molecule has 1 aliphatic carbocycles. The number of hydrogen-bond donors (Lipinski definition) is 0. The molecule has 2 atom stereocenters. The number of benzene rings is 2. The fourth-order valence-electron chi connectivity index (χ4n) is 6.23. The molecule has 3 fully saturated rings. The summed E-state index contributed by atoms with van der Waals surface area (Å²) in [5.74, 6) is 1.43. The third-order valence-electron chi connectivity index (χ3n) is 8.72. The van der Waals surface area contributed by atoms with E-state index >= 15 is 0 Å². The highest BCUT2D eigenvalue weighted by Gasteiger charge is 2.52. The predicted molar refractivity (Wildman–Crippen MR) is 155 cm³/mol. The largest absolute Gasteiger partial charge is 0.406 e. The number of piperidine rings is 2. The van der Waals surface area contributed by atoms with E-state index in [0.29, 0.717) is 35.5 Å². The Bertz CT molecular complexity index is 1410. The maximum absolute atomic E-state index is 14.4. The number of rotatable bonds is 7. The summed E-state index contributed by atoms with van der Waals surface area (Å²) >= 11 is 0. The average Bonchev–Trinajstić information content (AvgIpc) is 2.96. The second-order valence-corrected chi connectivity index (χ2v) is 14.5. The topological polar surface area (TPSA) is 68.2 Å². The lowest BCUT2D eigenvalue weighted by Gasteiger charge is -2.57. The second-order valence-electron chi connectivity index (χ2n) is 11.0. The van der Waals surface area contributed by atoms with Crippen molar-refractivity contribution < 1.29 is 9.22 Å². The summed E-state index contributed by atoms with van der Waals surface area (Å²) in [4.78, 5) is 30.0. The van der Waals surface area contributed by atoms with Gasteiger partial charge in [-0.25, -0.2) is 15.0 Å². The van der Waals surface area contributed by atoms with Gasteiger partial charge in [0.2, 0.25) is 0 Å². The number of aromatic nitrogens is 3. The molecule has 2 aromatic carbocycles. The van der Waals surface area contributed by atoms with Crippen molar-refractivity contribution in [1.29, 1.82) is 0 Å². The van der Waals surface area contributed by atoms with E-state index in [-0.39, 0.29) is 18.0 Å². The van der Waals surface area contributed by atoms with Crippen LogP contribution in [0.4, 0.5) is 0 Å². The Hall–Kier alpha value is -3.68. The molecule has 39 heavy (non-hydrogen) atoms. The first-order valence-corrected chi connectivity index (χ1v) is 16.2. The van der Waals surface area contributed by atoms with Crippen LogP contribution in [-0.2, 0) is 4.43 Å². The molecule has 2 unspecified atom stereocenters. The molecule has 0 N–H and O–H groups in total. The molecule has 7 heteroatoms. The molecule has 1 saturated carbocycles. The standard InChI is InChI=1S/C32H34N4O2Si/c1-22-15-16-28(31-33-17-10-18-34-31)30(35-22)32(37)36-25-19-24(20-25)23(2)29(36)21-38-39(3,26-11-6-4-7-12-26)27-13-8-5-9-14-27/h4-18,23-25,29H,19-21H2,1-3H3. The molecular weight excluding hydrogens is 500 g/mol. The Kier molecular flexibility index (Phi) is 6.87. The minimum atomic E-state index is -2.51. The van der Waals surface area contributed by atoms with Gasteiger partial charge in [0.25, 0.3) is 14.2 Å². The normalized spacial score (nSPS) is 22.3. The number of nitrogens with zero attached hydrogens (tertiary/aromatic N) is 4. The molecular formula is C32H34N4O2Si. The van der Waals surface area contributed by atoms with Gasteiger partial charge in [-0.3, -0.25) is 4.79 Å². The van der Waals surface area contributed by atoms with Gasteiger partial charge in [-0.1, -0.05) is 67.6 Å². The number of pyridine rings is 1. The fourth-order valence-corrected chi connectivity index (χ4v) is 9.06. The van der Waals surface area contributed by atoms with Crippen LogP contribution in [0, 0.1) is 18.8 Å². The maximum atomic E-state index is 14.4. The molecule has 7 rings (SSSR count). The molecule has 6 nitrogen and oxygen atoms in total. The molecule has 198 valence electrons. The van der Waals surface area contributed by atoms with E-state index in [1.807, 2.05) is 31.2 Å². The fraction of sp³-hybridized carbons (Fsp3) is 0.312. The lowest BCUT2D eigenvalue weighted by Crippen LogP contribution is -2.66. The van der Waals surface area contributed by atoms with Gasteiger partial charge in [0.15, 0.2) is 5.82 Å². The molecule has 4 heterocycles. The van der Waals surface area contributed by atoms with Gasteiger partial charge in [0, 0.05) is 24.1 Å². The third kappa shape index (κ3) is 4.70. The maximum Gasteiger partial charge on any atom is 0.273 e. The van der Waals surface area contributed by atoms with Gasteiger partial charge < -0.3 is 9.33 Å². The van der Waals surface area contributed by atoms with E-state index in [4.69, 9.17) is 9.41 Å². The van der Waals surface area contributed by atoms with Gasteiger partial charge in [0.1, 0.15) is 5.69 Å². The zero-order valence-corrected chi connectivity index (χ0v) is 23.7. The molecule has 0 radical (unpaired) electrons. The molecule has 1 amide bonds. The van der Waals surface area contributed by atoms with E-state index in [9.17, 15) is 4.79 Å². The van der Waals surface area contributed by atoms with Crippen LogP contribution in [-0.4, -0.2) is 52.8 Å². The van der Waals surface area contributed by atoms with Crippen molar-refractivity contribution in [2.75, 3.05) is 6.61 Å². The lowest BCUT2D eigenvalue weighted by molar-refractivity contribution is -0.0678. The first-order valence-electron chi connectivity index (χ1n) is 13.8. The van der Waals surface area contributed by atoms with E-state index < -0.39 is 8.32 Å². The number of amides is 1. The first-order chi connectivity index (χ1) is 19.0. The van der Waals surface area contributed by atoms with Crippen LogP contribution in [0.3, 0.4) is 0 Å². The highest BCUT2D eigenvalue weighted by molar-refractivity contribution is 6.96. The lowest BCUT2D eigenvalue weighted by atomic mass is 9.64. The summed E-state index contributed by atoms with van der Waals surface area (Å²) in [5, 5.41) is 2.46. The van der Waals surface area contributed by atoms with Crippen LogP contribution >= 0.6 is 0 Å². The quantitative estimate of drug-likeness (QED) is 0.327. The molecule has 2 bridgehead atoms. The van der Waals surface area contributed by atoms with E-state index in [1.54, 1.807) is 18.5 Å². The number of aryl methyl sites for hydroxylation is 1. The minimum Gasteiger partial charge on any atom is -0.406 e. The molecule has 2 aliphatic heterocycles. The Morgan fingerprint density at radius 1 is 0.923 bits per heavy atom. The van der Waals surface area contributed by atoms with Crippen LogP contribution in [0.2, 0.25) is 6.55 Å². The van der Waals surface area contributed by atoms with Crippen molar-refractivity contribution in [3.05, 3.63) is 103 Å². The van der Waals surface area contributed by atoms with Gasteiger partial charge >= 0.3 is 0 Å². The highest BCUT2D eigenvalue weighted by Crippen LogP contribution is 2.47. The Morgan fingerprint density at radius 3 is 2.15 bits per heavy atom. The van der Waals surface area contributed by atoms with Crippen LogP contribution in [0.5, 0.6) is 0 Å². The Morgan fingerprint density at radius 2 is 1.54 bits per heavy atom. The van der Waals surface area contributed by atoms with Crippen LogP contribution in [0.1, 0.15) is 35.9 Å². The van der Waals surface area contributed by atoms with Crippen molar-refractivity contribution in [2.24, 2.45) is 11.8 Å². The molecule has 2 saturated heterocycles. The second kappa shape index (κ2) is 10.5. The summed E-state index contributed by atoms with van der Waals surface area (Å²) < 4.78 is 7.04. The predicted octanol–water partition coefficient (Wildman–Crippen LogP) is 4.49. The highest BCUT2D eigenvalue weighted by atomic mass is 28.4. The van der Waals surface area contributed by atoms with Crippen molar-refractivity contribution in [2.45, 2.75) is 45.3 Å². The number of fused-ring (bicyclic) bond motifs is 2. The van der Waals surface area contributed by atoms with Crippen molar-refractivity contribution in [1.82, 2.24) is 19.9 Å². The summed E-state index contributed by atoms with van der Waals surface area (Å²) in [5.41, 5.74) is 1.90. The molecule has 2 aromatic heterocycles. The van der Waals surface area contributed by atoms with Gasteiger partial charge in [0.05, 0.1) is 18.2 Å². The van der Waals surface area contributed by atoms with E-state index in [1.165, 1.54) is 10.4 Å². The molecule has 0 spiro atoms. The Balaban J connectivity index is 1.35. The number of carbonyl (C=O) groups excluding carboxylic acids is 1. The van der Waals surface area contributed by atoms with Gasteiger partial charge in [-0.2, -0.15) is 0 Å². The van der Waals surface area contributed by atoms with Gasteiger partial charge in [-0.15, -0.1) is 0 Å². The molecule has 4 aromatic rings. The third-order valence-corrected chi connectivity index (χ3v) is 12.3.